The second-order valence-corrected chi connectivity index (χ2v) is 8.31. The first-order chi connectivity index (χ1) is 15.0. The van der Waals surface area contributed by atoms with Crippen molar-refractivity contribution in [2.24, 2.45) is 0 Å². The first kappa shape index (κ1) is 23.2. The summed E-state index contributed by atoms with van der Waals surface area (Å²) in [5.41, 5.74) is 1.23. The number of likely N-dealkylation sites (tertiary alicyclic amines) is 1. The highest BCUT2D eigenvalue weighted by atomic mass is 19.1. The van der Waals surface area contributed by atoms with Gasteiger partial charge in [0.05, 0.1) is 13.0 Å². The highest BCUT2D eigenvalue weighted by molar-refractivity contribution is 5.79. The van der Waals surface area contributed by atoms with Gasteiger partial charge in [-0.05, 0) is 63.2 Å². The number of hydrogen-bond donors (Lipinski definition) is 0. The van der Waals surface area contributed by atoms with Crippen molar-refractivity contribution >= 4 is 5.91 Å². The summed E-state index contributed by atoms with van der Waals surface area (Å²) < 4.78 is 33.3. The van der Waals surface area contributed by atoms with E-state index in [4.69, 9.17) is 4.74 Å². The maximum Gasteiger partial charge on any atom is 0.227 e. The van der Waals surface area contributed by atoms with Crippen LogP contribution in [0.25, 0.3) is 0 Å². The molecular weight excluding hydrogens is 398 g/mol. The minimum Gasteiger partial charge on any atom is -0.494 e. The Bertz CT molecular complexity index is 849. The molecule has 0 saturated carbocycles. The Labute approximate surface area is 183 Å². The van der Waals surface area contributed by atoms with E-state index in [1.807, 2.05) is 24.3 Å². The van der Waals surface area contributed by atoms with Crippen molar-refractivity contribution in [2.75, 3.05) is 26.7 Å². The predicted octanol–water partition coefficient (Wildman–Crippen LogP) is 4.81. The molecule has 1 amide bonds. The van der Waals surface area contributed by atoms with Crippen LogP contribution in [0, 0.1) is 11.6 Å². The van der Waals surface area contributed by atoms with E-state index in [1.54, 1.807) is 4.90 Å². The Morgan fingerprint density at radius 1 is 1.13 bits per heavy atom. The number of ether oxygens (including phenoxy) is 1. The van der Waals surface area contributed by atoms with Crippen LogP contribution in [-0.4, -0.2) is 48.5 Å². The summed E-state index contributed by atoms with van der Waals surface area (Å²) in [6.45, 7) is 4.74. The van der Waals surface area contributed by atoms with Crippen LogP contribution in [0.5, 0.6) is 5.75 Å². The van der Waals surface area contributed by atoms with Crippen LogP contribution in [0.1, 0.15) is 43.7 Å². The molecule has 6 heteroatoms. The average molecular weight is 431 g/mol. The van der Waals surface area contributed by atoms with E-state index in [-0.39, 0.29) is 24.9 Å². The molecule has 0 atom stereocenters. The third-order valence-corrected chi connectivity index (χ3v) is 5.85. The maximum atomic E-state index is 14.3. The summed E-state index contributed by atoms with van der Waals surface area (Å²) in [7, 11) is 2.06. The topological polar surface area (TPSA) is 32.8 Å². The highest BCUT2D eigenvalue weighted by Gasteiger charge is 2.28. The molecule has 0 aliphatic carbocycles. The molecule has 4 nitrogen and oxygen atoms in total. The van der Waals surface area contributed by atoms with Gasteiger partial charge >= 0.3 is 0 Å². The number of carbonyl (C=O) groups is 1. The van der Waals surface area contributed by atoms with Gasteiger partial charge in [-0.25, -0.2) is 8.78 Å². The van der Waals surface area contributed by atoms with Gasteiger partial charge in [-0.1, -0.05) is 31.5 Å². The van der Waals surface area contributed by atoms with Crippen molar-refractivity contribution in [1.82, 2.24) is 9.80 Å². The second-order valence-electron chi connectivity index (χ2n) is 8.31. The molecule has 0 N–H and O–H groups in total. The fourth-order valence-corrected chi connectivity index (χ4v) is 3.88. The monoisotopic (exact) mass is 430 g/mol. The van der Waals surface area contributed by atoms with Crippen molar-refractivity contribution in [3.8, 4) is 5.75 Å². The van der Waals surface area contributed by atoms with Crippen LogP contribution in [0.4, 0.5) is 8.78 Å². The summed E-state index contributed by atoms with van der Waals surface area (Å²) in [6, 6.07) is 11.2. The predicted molar refractivity (Wildman–Crippen MR) is 118 cm³/mol. The minimum atomic E-state index is -0.612. The van der Waals surface area contributed by atoms with E-state index in [0.29, 0.717) is 12.2 Å². The van der Waals surface area contributed by atoms with E-state index in [0.717, 1.165) is 56.2 Å². The molecule has 3 rings (SSSR count). The number of nitrogens with zero attached hydrogens (tertiary/aromatic N) is 2. The van der Waals surface area contributed by atoms with Crippen LogP contribution in [0.2, 0.25) is 0 Å². The zero-order valence-corrected chi connectivity index (χ0v) is 18.4. The van der Waals surface area contributed by atoms with Gasteiger partial charge in [0, 0.05) is 24.2 Å². The molecule has 31 heavy (non-hydrogen) atoms. The molecule has 1 heterocycles. The number of amides is 1. The summed E-state index contributed by atoms with van der Waals surface area (Å²) in [5, 5.41) is 0. The lowest BCUT2D eigenvalue weighted by Gasteiger charge is -2.37. The lowest BCUT2D eigenvalue weighted by atomic mass is 10.0. The number of benzene rings is 2. The van der Waals surface area contributed by atoms with Crippen LogP contribution >= 0.6 is 0 Å². The molecule has 0 radical (unpaired) electrons. The van der Waals surface area contributed by atoms with Gasteiger partial charge in [0.15, 0.2) is 0 Å². The fraction of sp³-hybridized carbons (Fsp3) is 0.480. The first-order valence-electron chi connectivity index (χ1n) is 11.1. The van der Waals surface area contributed by atoms with Crippen molar-refractivity contribution in [1.29, 1.82) is 0 Å². The smallest absolute Gasteiger partial charge is 0.227 e. The summed E-state index contributed by atoms with van der Waals surface area (Å²) in [4.78, 5) is 17.3. The molecule has 0 unspecified atom stereocenters. The Morgan fingerprint density at radius 2 is 1.84 bits per heavy atom. The van der Waals surface area contributed by atoms with Gasteiger partial charge in [0.2, 0.25) is 5.91 Å². The number of piperidine rings is 1. The van der Waals surface area contributed by atoms with E-state index in [2.05, 4.69) is 18.9 Å². The second kappa shape index (κ2) is 11.2. The molecule has 1 fully saturated rings. The normalized spacial score (nSPS) is 15.1. The van der Waals surface area contributed by atoms with Crippen molar-refractivity contribution < 1.29 is 18.3 Å². The van der Waals surface area contributed by atoms with E-state index in [9.17, 15) is 13.6 Å². The largest absolute Gasteiger partial charge is 0.494 e. The standard InChI is InChI=1S/C25H32F2N2O2/c1-3-4-15-31-23-9-5-19(6-10-23)16-25(30)29(22-11-13-28(2)14-12-22)18-20-7-8-21(26)17-24(20)27/h5-10,17,22H,3-4,11-16,18H2,1-2H3. The molecule has 0 spiro atoms. The SMILES string of the molecule is CCCCOc1ccc(CC(=O)N(Cc2ccc(F)cc2F)C2CCN(C)CC2)cc1. The Kier molecular flexibility index (Phi) is 8.41. The lowest BCUT2D eigenvalue weighted by molar-refractivity contribution is -0.134. The molecule has 168 valence electrons. The molecule has 1 aliphatic heterocycles. The minimum absolute atomic E-state index is 0.0436. The first-order valence-corrected chi connectivity index (χ1v) is 11.1. The van der Waals surface area contributed by atoms with Gasteiger partial charge < -0.3 is 14.5 Å². The molecule has 2 aromatic carbocycles. The third kappa shape index (κ3) is 6.76. The Hall–Kier alpha value is -2.47. The summed E-state index contributed by atoms with van der Waals surface area (Å²) >= 11 is 0. The molecule has 1 aliphatic rings. The Balaban J connectivity index is 1.71. The van der Waals surface area contributed by atoms with Crippen molar-refractivity contribution in [2.45, 2.75) is 51.6 Å². The molecule has 2 aromatic rings. The van der Waals surface area contributed by atoms with Crippen LogP contribution < -0.4 is 4.74 Å². The number of halogens is 2. The lowest BCUT2D eigenvalue weighted by Crippen LogP contribution is -2.46. The van der Waals surface area contributed by atoms with Crippen LogP contribution in [0.3, 0.4) is 0 Å². The van der Waals surface area contributed by atoms with Gasteiger partial charge in [-0.2, -0.15) is 0 Å². The number of rotatable bonds is 9. The van der Waals surface area contributed by atoms with Crippen LogP contribution in [-0.2, 0) is 17.8 Å². The summed E-state index contributed by atoms with van der Waals surface area (Å²) in [6.07, 6.45) is 4.01. The van der Waals surface area contributed by atoms with E-state index >= 15 is 0 Å². The summed E-state index contributed by atoms with van der Waals surface area (Å²) in [5.74, 6) is -0.470. The van der Waals surface area contributed by atoms with Gasteiger partial charge in [-0.15, -0.1) is 0 Å². The highest BCUT2D eigenvalue weighted by Crippen LogP contribution is 2.22. The maximum absolute atomic E-state index is 14.3. The molecule has 0 aromatic heterocycles. The third-order valence-electron chi connectivity index (χ3n) is 5.85. The van der Waals surface area contributed by atoms with E-state index < -0.39 is 11.6 Å². The van der Waals surface area contributed by atoms with Crippen molar-refractivity contribution in [3.05, 3.63) is 65.2 Å². The molecular formula is C25H32F2N2O2. The fourth-order valence-electron chi connectivity index (χ4n) is 3.88. The van der Waals surface area contributed by atoms with E-state index in [1.165, 1.54) is 12.1 Å². The quantitative estimate of drug-likeness (QED) is 0.536. The van der Waals surface area contributed by atoms with Gasteiger partial charge in [0.25, 0.3) is 0 Å². The number of unbranched alkanes of at least 4 members (excludes halogenated alkanes) is 1. The zero-order chi connectivity index (χ0) is 22.2. The Morgan fingerprint density at radius 3 is 2.48 bits per heavy atom. The van der Waals surface area contributed by atoms with Crippen LogP contribution in [0.15, 0.2) is 42.5 Å². The van der Waals surface area contributed by atoms with Crippen molar-refractivity contribution in [3.63, 3.8) is 0 Å². The average Bonchev–Trinajstić information content (AvgIpc) is 2.75. The molecule has 1 saturated heterocycles. The zero-order valence-electron chi connectivity index (χ0n) is 18.4. The van der Waals surface area contributed by atoms with Gasteiger partial charge in [0.1, 0.15) is 17.4 Å². The number of carbonyl (C=O) groups excluding carboxylic acids is 1. The molecule has 0 bridgehead atoms. The van der Waals surface area contributed by atoms with Gasteiger partial charge in [-0.3, -0.25) is 4.79 Å². The number of hydrogen-bond acceptors (Lipinski definition) is 3.